The van der Waals surface area contributed by atoms with Gasteiger partial charge in [-0.2, -0.15) is 0 Å². The van der Waals surface area contributed by atoms with E-state index in [1.807, 2.05) is 0 Å². The molecule has 0 aromatic heterocycles. The molecule has 0 radical (unpaired) electrons. The highest BCUT2D eigenvalue weighted by atomic mass is 15.1. The van der Waals surface area contributed by atoms with Crippen molar-refractivity contribution in [2.75, 3.05) is 20.1 Å². The monoisotopic (exact) mass is 246 g/mol. The van der Waals surface area contributed by atoms with Crippen LogP contribution >= 0.6 is 0 Å². The first-order valence-electron chi connectivity index (χ1n) is 7.26. The van der Waals surface area contributed by atoms with Gasteiger partial charge in [-0.3, -0.25) is 0 Å². The second-order valence-corrected chi connectivity index (χ2v) is 5.57. The first kappa shape index (κ1) is 13.6. The highest BCUT2D eigenvalue weighted by Crippen LogP contribution is 2.24. The fraction of sp³-hybridized carbons (Fsp3) is 0.625. The van der Waals surface area contributed by atoms with Crippen molar-refractivity contribution >= 4 is 0 Å². The SMILES string of the molecule is CN(CC(CN)c1ccccc1)C1CCCCC1. The predicted molar refractivity (Wildman–Crippen MR) is 77.7 cm³/mol. The lowest BCUT2D eigenvalue weighted by atomic mass is 9.92. The van der Waals surface area contributed by atoms with E-state index in [-0.39, 0.29) is 0 Å². The van der Waals surface area contributed by atoms with Gasteiger partial charge in [-0.25, -0.2) is 0 Å². The van der Waals surface area contributed by atoms with Crippen molar-refractivity contribution in [1.82, 2.24) is 4.90 Å². The van der Waals surface area contributed by atoms with Crippen molar-refractivity contribution in [3.8, 4) is 0 Å². The minimum absolute atomic E-state index is 0.470. The molecule has 1 unspecified atom stereocenters. The maximum absolute atomic E-state index is 5.96. The molecule has 2 heteroatoms. The number of nitrogens with zero attached hydrogens (tertiary/aromatic N) is 1. The molecule has 1 aromatic carbocycles. The molecular formula is C16H26N2. The van der Waals surface area contributed by atoms with Gasteiger partial charge in [-0.1, -0.05) is 49.6 Å². The summed E-state index contributed by atoms with van der Waals surface area (Å²) in [5, 5.41) is 0. The van der Waals surface area contributed by atoms with Gasteiger partial charge < -0.3 is 10.6 Å². The van der Waals surface area contributed by atoms with Gasteiger partial charge in [0.05, 0.1) is 0 Å². The highest BCUT2D eigenvalue weighted by molar-refractivity contribution is 5.20. The van der Waals surface area contributed by atoms with Gasteiger partial charge in [0.25, 0.3) is 0 Å². The van der Waals surface area contributed by atoms with Crippen molar-refractivity contribution in [2.24, 2.45) is 5.73 Å². The van der Waals surface area contributed by atoms with E-state index in [2.05, 4.69) is 42.3 Å². The van der Waals surface area contributed by atoms with Crippen LogP contribution in [0.1, 0.15) is 43.6 Å². The first-order valence-corrected chi connectivity index (χ1v) is 7.26. The predicted octanol–water partition coefficient (Wildman–Crippen LogP) is 2.99. The number of hydrogen-bond donors (Lipinski definition) is 1. The largest absolute Gasteiger partial charge is 0.330 e. The topological polar surface area (TPSA) is 29.3 Å². The van der Waals surface area contributed by atoms with Crippen LogP contribution in [0.25, 0.3) is 0 Å². The number of rotatable bonds is 5. The highest BCUT2D eigenvalue weighted by Gasteiger charge is 2.20. The zero-order valence-electron chi connectivity index (χ0n) is 11.5. The van der Waals surface area contributed by atoms with Crippen LogP contribution in [-0.4, -0.2) is 31.1 Å². The van der Waals surface area contributed by atoms with Gasteiger partial charge in [0, 0.05) is 25.0 Å². The summed E-state index contributed by atoms with van der Waals surface area (Å²) < 4.78 is 0. The average Bonchev–Trinajstić information content (AvgIpc) is 2.46. The third-order valence-corrected chi connectivity index (χ3v) is 4.26. The molecule has 0 heterocycles. The molecule has 0 saturated heterocycles. The fourth-order valence-corrected chi connectivity index (χ4v) is 3.06. The van der Waals surface area contributed by atoms with E-state index in [0.717, 1.165) is 19.1 Å². The maximum Gasteiger partial charge on any atom is 0.00924 e. The Hall–Kier alpha value is -0.860. The zero-order chi connectivity index (χ0) is 12.8. The number of hydrogen-bond acceptors (Lipinski definition) is 2. The molecule has 0 amide bonds. The number of likely N-dealkylation sites (N-methyl/N-ethyl adjacent to an activating group) is 1. The van der Waals surface area contributed by atoms with Crippen LogP contribution in [0.5, 0.6) is 0 Å². The Morgan fingerprint density at radius 1 is 1.17 bits per heavy atom. The van der Waals surface area contributed by atoms with Crippen LogP contribution in [-0.2, 0) is 0 Å². The van der Waals surface area contributed by atoms with Crippen molar-refractivity contribution < 1.29 is 0 Å². The summed E-state index contributed by atoms with van der Waals surface area (Å²) in [6.07, 6.45) is 6.94. The summed E-state index contributed by atoms with van der Waals surface area (Å²) in [6, 6.07) is 11.5. The summed E-state index contributed by atoms with van der Waals surface area (Å²) in [5.74, 6) is 0.470. The summed E-state index contributed by atoms with van der Waals surface area (Å²) in [5.41, 5.74) is 7.33. The van der Waals surface area contributed by atoms with Gasteiger partial charge >= 0.3 is 0 Å². The number of benzene rings is 1. The summed E-state index contributed by atoms with van der Waals surface area (Å²) in [7, 11) is 2.27. The van der Waals surface area contributed by atoms with Crippen molar-refractivity contribution in [2.45, 2.75) is 44.1 Å². The summed E-state index contributed by atoms with van der Waals surface area (Å²) in [4.78, 5) is 2.53. The van der Waals surface area contributed by atoms with Crippen LogP contribution in [0.3, 0.4) is 0 Å². The normalized spacial score (nSPS) is 19.1. The molecule has 2 rings (SSSR count). The lowest BCUT2D eigenvalue weighted by Gasteiger charge is -2.33. The molecule has 1 atom stereocenters. The standard InChI is InChI=1S/C16H26N2/c1-18(16-10-6-3-7-11-16)13-15(12-17)14-8-4-2-5-9-14/h2,4-5,8-9,15-16H,3,6-7,10-13,17H2,1H3. The third-order valence-electron chi connectivity index (χ3n) is 4.26. The Kier molecular flexibility index (Phi) is 5.21. The lowest BCUT2D eigenvalue weighted by molar-refractivity contribution is 0.182. The second kappa shape index (κ2) is 6.91. The molecule has 0 aliphatic heterocycles. The minimum Gasteiger partial charge on any atom is -0.330 e. The molecule has 1 aliphatic rings. The van der Waals surface area contributed by atoms with E-state index in [0.29, 0.717) is 5.92 Å². The van der Waals surface area contributed by atoms with Crippen molar-refractivity contribution in [3.05, 3.63) is 35.9 Å². The third kappa shape index (κ3) is 3.56. The number of nitrogens with two attached hydrogens (primary N) is 1. The maximum atomic E-state index is 5.96. The molecule has 18 heavy (non-hydrogen) atoms. The minimum atomic E-state index is 0.470. The van der Waals surface area contributed by atoms with Crippen LogP contribution in [0, 0.1) is 0 Å². The summed E-state index contributed by atoms with van der Waals surface area (Å²) in [6.45, 7) is 1.83. The Labute approximate surface area is 111 Å². The van der Waals surface area contributed by atoms with E-state index in [1.54, 1.807) is 0 Å². The molecule has 2 nitrogen and oxygen atoms in total. The Balaban J connectivity index is 1.93. The van der Waals surface area contributed by atoms with Crippen LogP contribution < -0.4 is 5.73 Å². The second-order valence-electron chi connectivity index (χ2n) is 5.57. The molecule has 0 spiro atoms. The van der Waals surface area contributed by atoms with E-state index in [4.69, 9.17) is 5.73 Å². The van der Waals surface area contributed by atoms with Crippen molar-refractivity contribution in [3.63, 3.8) is 0 Å². The first-order chi connectivity index (χ1) is 8.81. The summed E-state index contributed by atoms with van der Waals surface area (Å²) >= 11 is 0. The van der Waals surface area contributed by atoms with E-state index in [9.17, 15) is 0 Å². The van der Waals surface area contributed by atoms with Crippen LogP contribution in [0.15, 0.2) is 30.3 Å². The smallest absolute Gasteiger partial charge is 0.00924 e. The molecule has 0 bridgehead atoms. The molecular weight excluding hydrogens is 220 g/mol. The van der Waals surface area contributed by atoms with E-state index >= 15 is 0 Å². The van der Waals surface area contributed by atoms with Gasteiger partial charge in [0.15, 0.2) is 0 Å². The van der Waals surface area contributed by atoms with Crippen LogP contribution in [0.2, 0.25) is 0 Å². The molecule has 1 fully saturated rings. The lowest BCUT2D eigenvalue weighted by Crippen LogP contribution is -2.37. The zero-order valence-corrected chi connectivity index (χ0v) is 11.5. The molecule has 2 N–H and O–H groups in total. The quantitative estimate of drug-likeness (QED) is 0.865. The molecule has 1 aliphatic carbocycles. The van der Waals surface area contributed by atoms with Gasteiger partial charge in [-0.05, 0) is 25.5 Å². The van der Waals surface area contributed by atoms with E-state index in [1.165, 1.54) is 37.7 Å². The van der Waals surface area contributed by atoms with Crippen LogP contribution in [0.4, 0.5) is 0 Å². The Morgan fingerprint density at radius 3 is 2.44 bits per heavy atom. The van der Waals surface area contributed by atoms with Gasteiger partial charge in [0.2, 0.25) is 0 Å². The van der Waals surface area contributed by atoms with Gasteiger partial charge in [-0.15, -0.1) is 0 Å². The Bertz CT molecular complexity index is 330. The molecule has 1 aromatic rings. The fourth-order valence-electron chi connectivity index (χ4n) is 3.06. The Morgan fingerprint density at radius 2 is 1.83 bits per heavy atom. The molecule has 100 valence electrons. The van der Waals surface area contributed by atoms with Crippen molar-refractivity contribution in [1.29, 1.82) is 0 Å². The van der Waals surface area contributed by atoms with Gasteiger partial charge in [0.1, 0.15) is 0 Å². The molecule has 1 saturated carbocycles. The van der Waals surface area contributed by atoms with E-state index < -0.39 is 0 Å². The average molecular weight is 246 g/mol.